The van der Waals surface area contributed by atoms with Crippen LogP contribution in [0.3, 0.4) is 0 Å². The molecule has 1 N–H and O–H groups in total. The van der Waals surface area contributed by atoms with Crippen molar-refractivity contribution in [1.82, 2.24) is 15.1 Å². The monoisotopic (exact) mass is 375 g/mol. The molecule has 1 unspecified atom stereocenters. The van der Waals surface area contributed by atoms with E-state index in [4.69, 9.17) is 0 Å². The maximum absolute atomic E-state index is 12.5. The van der Waals surface area contributed by atoms with Gasteiger partial charge >= 0.3 is 0 Å². The van der Waals surface area contributed by atoms with Crippen LogP contribution >= 0.6 is 11.8 Å². The van der Waals surface area contributed by atoms with Crippen molar-refractivity contribution in [3.63, 3.8) is 0 Å². The number of benzene rings is 1. The maximum atomic E-state index is 12.5. The van der Waals surface area contributed by atoms with Crippen LogP contribution in [0.4, 0.5) is 0 Å². The first-order valence-corrected chi connectivity index (χ1v) is 11.1. The zero-order chi connectivity index (χ0) is 18.5. The minimum Gasteiger partial charge on any atom is -0.348 e. The number of carbonyl (C=O) groups is 1. The first-order valence-electron chi connectivity index (χ1n) is 9.93. The second kappa shape index (κ2) is 9.25. The van der Waals surface area contributed by atoms with Gasteiger partial charge in [0.1, 0.15) is 0 Å². The molecule has 1 aromatic rings. The van der Waals surface area contributed by atoms with Crippen LogP contribution in [0.1, 0.15) is 42.5 Å². The number of nitrogens with zero attached hydrogens (tertiary/aromatic N) is 2. The van der Waals surface area contributed by atoms with Gasteiger partial charge in [-0.25, -0.2) is 0 Å². The third-order valence-electron chi connectivity index (χ3n) is 5.76. The summed E-state index contributed by atoms with van der Waals surface area (Å²) in [6.07, 6.45) is 2.66. The van der Waals surface area contributed by atoms with Crippen molar-refractivity contribution in [2.45, 2.75) is 45.7 Å². The molecule has 0 spiro atoms. The maximum Gasteiger partial charge on any atom is 0.234 e. The van der Waals surface area contributed by atoms with Crippen LogP contribution in [-0.2, 0) is 4.79 Å². The standard InChI is InChI=1S/C21H33N3OS/c1-16-4-5-17(2)20(14-16)18(3)22-21(25)15-23-8-10-24(11-9-23)19-6-12-26-13-7-19/h4-5,14,18-19H,6-13,15H2,1-3H3,(H,22,25). The number of carbonyl (C=O) groups excluding carboxylic acids is 1. The number of thioether (sulfide) groups is 1. The second-order valence-electron chi connectivity index (χ2n) is 7.80. The van der Waals surface area contributed by atoms with Crippen molar-refractivity contribution in [2.24, 2.45) is 0 Å². The van der Waals surface area contributed by atoms with Gasteiger partial charge in [0.05, 0.1) is 12.6 Å². The Morgan fingerprint density at radius 1 is 1.19 bits per heavy atom. The average molecular weight is 376 g/mol. The molecule has 0 aromatic heterocycles. The molecule has 2 saturated heterocycles. The van der Waals surface area contributed by atoms with Gasteiger partial charge in [-0.3, -0.25) is 14.6 Å². The Bertz CT molecular complexity index is 607. The highest BCUT2D eigenvalue weighted by atomic mass is 32.2. The summed E-state index contributed by atoms with van der Waals surface area (Å²) in [5, 5.41) is 3.19. The molecule has 2 aliphatic heterocycles. The third kappa shape index (κ3) is 5.24. The van der Waals surface area contributed by atoms with Crippen molar-refractivity contribution >= 4 is 17.7 Å². The van der Waals surface area contributed by atoms with E-state index in [2.05, 4.69) is 65.8 Å². The fourth-order valence-corrected chi connectivity index (χ4v) is 5.21. The average Bonchev–Trinajstić information content (AvgIpc) is 2.65. The van der Waals surface area contributed by atoms with E-state index < -0.39 is 0 Å². The molecule has 2 aliphatic rings. The molecule has 1 amide bonds. The Morgan fingerprint density at radius 3 is 2.58 bits per heavy atom. The SMILES string of the molecule is Cc1ccc(C)c(C(C)NC(=O)CN2CCN(C3CCSCC3)CC2)c1. The predicted molar refractivity (Wildman–Crippen MR) is 111 cm³/mol. The Labute approximate surface area is 162 Å². The number of hydrogen-bond acceptors (Lipinski definition) is 4. The molecule has 0 saturated carbocycles. The molecule has 0 bridgehead atoms. The quantitative estimate of drug-likeness (QED) is 0.858. The Hall–Kier alpha value is -1.04. The normalized spacial score (nSPS) is 21.5. The summed E-state index contributed by atoms with van der Waals surface area (Å²) in [6, 6.07) is 7.27. The smallest absolute Gasteiger partial charge is 0.234 e. The summed E-state index contributed by atoms with van der Waals surface area (Å²) in [4.78, 5) is 17.5. The minimum atomic E-state index is 0.0587. The van der Waals surface area contributed by atoms with Crippen LogP contribution in [-0.4, -0.2) is 66.0 Å². The first-order chi connectivity index (χ1) is 12.5. The van der Waals surface area contributed by atoms with Gasteiger partial charge < -0.3 is 5.32 Å². The lowest BCUT2D eigenvalue weighted by Gasteiger charge is -2.40. The van der Waals surface area contributed by atoms with Gasteiger partial charge in [0, 0.05) is 32.2 Å². The zero-order valence-electron chi connectivity index (χ0n) is 16.5. The van der Waals surface area contributed by atoms with E-state index in [1.165, 1.54) is 41.0 Å². The van der Waals surface area contributed by atoms with Gasteiger partial charge in [0.15, 0.2) is 0 Å². The van der Waals surface area contributed by atoms with Crippen molar-refractivity contribution < 1.29 is 4.79 Å². The van der Waals surface area contributed by atoms with Gasteiger partial charge in [0.25, 0.3) is 0 Å². The first kappa shape index (κ1) is 19.7. The van der Waals surface area contributed by atoms with Crippen LogP contribution in [0.25, 0.3) is 0 Å². The highest BCUT2D eigenvalue weighted by molar-refractivity contribution is 7.99. The topological polar surface area (TPSA) is 35.6 Å². The van der Waals surface area contributed by atoms with E-state index >= 15 is 0 Å². The molecule has 1 aromatic carbocycles. The molecule has 1 atom stereocenters. The Balaban J connectivity index is 1.44. The van der Waals surface area contributed by atoms with Crippen molar-refractivity contribution in [1.29, 1.82) is 0 Å². The highest BCUT2D eigenvalue weighted by Gasteiger charge is 2.26. The van der Waals surface area contributed by atoms with Crippen LogP contribution in [0.5, 0.6) is 0 Å². The number of aryl methyl sites for hydroxylation is 2. The van der Waals surface area contributed by atoms with Gasteiger partial charge in [-0.1, -0.05) is 23.8 Å². The van der Waals surface area contributed by atoms with Crippen LogP contribution < -0.4 is 5.32 Å². The molecule has 26 heavy (non-hydrogen) atoms. The van der Waals surface area contributed by atoms with E-state index in [1.54, 1.807) is 0 Å². The van der Waals surface area contributed by atoms with Gasteiger partial charge in [-0.15, -0.1) is 0 Å². The fraction of sp³-hybridized carbons (Fsp3) is 0.667. The van der Waals surface area contributed by atoms with E-state index in [1.807, 2.05) is 0 Å². The number of amides is 1. The number of hydrogen-bond donors (Lipinski definition) is 1. The van der Waals surface area contributed by atoms with E-state index in [0.29, 0.717) is 6.54 Å². The van der Waals surface area contributed by atoms with E-state index in [0.717, 1.165) is 32.2 Å². The van der Waals surface area contributed by atoms with E-state index in [-0.39, 0.29) is 11.9 Å². The van der Waals surface area contributed by atoms with Crippen molar-refractivity contribution in [3.8, 4) is 0 Å². The van der Waals surface area contributed by atoms with Crippen LogP contribution in [0, 0.1) is 13.8 Å². The lowest BCUT2D eigenvalue weighted by Crippen LogP contribution is -2.53. The molecule has 144 valence electrons. The molecular formula is C21H33N3OS. The minimum absolute atomic E-state index is 0.0587. The Morgan fingerprint density at radius 2 is 1.88 bits per heavy atom. The molecule has 2 fully saturated rings. The van der Waals surface area contributed by atoms with E-state index in [9.17, 15) is 4.79 Å². The van der Waals surface area contributed by atoms with Crippen molar-refractivity contribution in [2.75, 3.05) is 44.2 Å². The summed E-state index contributed by atoms with van der Waals surface area (Å²) in [5.41, 5.74) is 3.70. The second-order valence-corrected chi connectivity index (χ2v) is 9.03. The fourth-order valence-electron chi connectivity index (χ4n) is 4.13. The molecule has 0 aliphatic carbocycles. The number of piperazine rings is 1. The largest absolute Gasteiger partial charge is 0.348 e. The summed E-state index contributed by atoms with van der Waals surface area (Å²) in [5.74, 6) is 2.76. The molecule has 3 rings (SSSR count). The molecule has 5 heteroatoms. The summed E-state index contributed by atoms with van der Waals surface area (Å²) >= 11 is 2.09. The Kier molecular flexibility index (Phi) is 7.01. The zero-order valence-corrected chi connectivity index (χ0v) is 17.3. The van der Waals surface area contributed by atoms with Crippen LogP contribution in [0.2, 0.25) is 0 Å². The summed E-state index contributed by atoms with van der Waals surface area (Å²) in [7, 11) is 0. The third-order valence-corrected chi connectivity index (χ3v) is 6.81. The number of rotatable bonds is 5. The van der Waals surface area contributed by atoms with Crippen molar-refractivity contribution in [3.05, 3.63) is 34.9 Å². The summed E-state index contributed by atoms with van der Waals surface area (Å²) in [6.45, 7) is 11.0. The van der Waals surface area contributed by atoms with Gasteiger partial charge in [-0.05, 0) is 56.2 Å². The van der Waals surface area contributed by atoms with Crippen LogP contribution in [0.15, 0.2) is 18.2 Å². The lowest BCUT2D eigenvalue weighted by atomic mass is 10.00. The van der Waals surface area contributed by atoms with Gasteiger partial charge in [0.2, 0.25) is 5.91 Å². The summed E-state index contributed by atoms with van der Waals surface area (Å²) < 4.78 is 0. The van der Waals surface area contributed by atoms with Gasteiger partial charge in [-0.2, -0.15) is 11.8 Å². The molecular weight excluding hydrogens is 342 g/mol. The molecule has 2 heterocycles. The predicted octanol–water partition coefficient (Wildman–Crippen LogP) is 2.99. The number of nitrogens with one attached hydrogen (secondary N) is 1. The molecule has 4 nitrogen and oxygen atoms in total. The lowest BCUT2D eigenvalue weighted by molar-refractivity contribution is -0.123. The molecule has 0 radical (unpaired) electrons. The highest BCUT2D eigenvalue weighted by Crippen LogP contribution is 2.23.